The largest absolute Gasteiger partial charge is 0.264 e. The molecule has 12 heavy (non-hydrogen) atoms. The molecule has 0 fully saturated rings. The molecule has 0 amide bonds. The van der Waals surface area contributed by atoms with E-state index in [1.807, 2.05) is 0 Å². The Hall–Kier alpha value is 0.330. The molecule has 0 radical (unpaired) electrons. The summed E-state index contributed by atoms with van der Waals surface area (Å²) >= 11 is 11.8. The predicted molar refractivity (Wildman–Crippen MR) is 51.8 cm³/mol. The highest BCUT2D eigenvalue weighted by Gasteiger charge is 2.13. The van der Waals surface area contributed by atoms with Crippen molar-refractivity contribution in [2.24, 2.45) is 0 Å². The SMILES string of the molecule is FC(F)c1cc(Cl)c(Br)cc1Br. The van der Waals surface area contributed by atoms with Gasteiger partial charge in [-0.3, -0.25) is 0 Å². The zero-order chi connectivity index (χ0) is 9.30. The molecule has 0 nitrogen and oxygen atoms in total. The summed E-state index contributed by atoms with van der Waals surface area (Å²) in [7, 11) is 0. The Morgan fingerprint density at radius 1 is 1.17 bits per heavy atom. The van der Waals surface area contributed by atoms with E-state index in [1.54, 1.807) is 0 Å². The van der Waals surface area contributed by atoms with E-state index in [1.165, 1.54) is 12.1 Å². The van der Waals surface area contributed by atoms with Crippen LogP contribution in [0.5, 0.6) is 0 Å². The normalized spacial score (nSPS) is 10.8. The predicted octanol–water partition coefficient (Wildman–Crippen LogP) is 4.80. The maximum atomic E-state index is 12.2. The fraction of sp³-hybridized carbons (Fsp3) is 0.143. The molecule has 0 spiro atoms. The van der Waals surface area contributed by atoms with E-state index in [2.05, 4.69) is 31.9 Å². The molecule has 0 bridgehead atoms. The molecular weight excluding hydrogens is 317 g/mol. The Labute approximate surface area is 90.2 Å². The van der Waals surface area contributed by atoms with Crippen LogP contribution in [0.3, 0.4) is 0 Å². The van der Waals surface area contributed by atoms with Crippen LogP contribution in [0, 0.1) is 0 Å². The standard InChI is InChI=1S/C7H3Br2ClF2/c8-4-2-5(9)6(10)1-3(4)7(11)12/h1-2,7H. The molecule has 0 unspecified atom stereocenters. The first-order valence-corrected chi connectivity index (χ1v) is 4.91. The highest BCUT2D eigenvalue weighted by molar-refractivity contribution is 9.11. The third kappa shape index (κ3) is 2.18. The van der Waals surface area contributed by atoms with Gasteiger partial charge >= 0.3 is 0 Å². The molecule has 0 saturated carbocycles. The third-order valence-corrected chi connectivity index (χ3v) is 3.16. The second-order valence-corrected chi connectivity index (χ2v) is 4.20. The molecular formula is C7H3Br2ClF2. The van der Waals surface area contributed by atoms with Crippen molar-refractivity contribution < 1.29 is 8.78 Å². The molecule has 0 aliphatic rings. The van der Waals surface area contributed by atoms with Crippen molar-refractivity contribution in [1.29, 1.82) is 0 Å². The second kappa shape index (κ2) is 4.03. The molecule has 0 aliphatic heterocycles. The van der Waals surface area contributed by atoms with Crippen LogP contribution in [-0.4, -0.2) is 0 Å². The quantitative estimate of drug-likeness (QED) is 0.652. The van der Waals surface area contributed by atoms with Crippen molar-refractivity contribution in [2.75, 3.05) is 0 Å². The van der Waals surface area contributed by atoms with Gasteiger partial charge in [-0.25, -0.2) is 8.78 Å². The number of halogens is 5. The van der Waals surface area contributed by atoms with E-state index >= 15 is 0 Å². The number of alkyl halides is 2. The van der Waals surface area contributed by atoms with Crippen LogP contribution >= 0.6 is 43.5 Å². The average Bonchev–Trinajstić information content (AvgIpc) is 1.96. The van der Waals surface area contributed by atoms with Crippen molar-refractivity contribution in [1.82, 2.24) is 0 Å². The maximum Gasteiger partial charge on any atom is 0.264 e. The summed E-state index contributed by atoms with van der Waals surface area (Å²) < 4.78 is 25.4. The van der Waals surface area contributed by atoms with Gasteiger partial charge in [-0.2, -0.15) is 0 Å². The van der Waals surface area contributed by atoms with E-state index in [0.717, 1.165) is 0 Å². The molecule has 0 saturated heterocycles. The summed E-state index contributed by atoms with van der Waals surface area (Å²) in [5, 5.41) is 0.286. The zero-order valence-electron chi connectivity index (χ0n) is 5.62. The summed E-state index contributed by atoms with van der Waals surface area (Å²) in [6.45, 7) is 0. The molecule has 0 heterocycles. The first kappa shape index (κ1) is 10.4. The smallest absolute Gasteiger partial charge is 0.205 e. The summed E-state index contributed by atoms with van der Waals surface area (Å²) in [6, 6.07) is 2.74. The van der Waals surface area contributed by atoms with E-state index in [9.17, 15) is 8.78 Å². The molecule has 5 heteroatoms. The van der Waals surface area contributed by atoms with E-state index in [0.29, 0.717) is 8.95 Å². The van der Waals surface area contributed by atoms with Gasteiger partial charge < -0.3 is 0 Å². The van der Waals surface area contributed by atoms with Gasteiger partial charge in [-0.1, -0.05) is 27.5 Å². The van der Waals surface area contributed by atoms with E-state index < -0.39 is 6.43 Å². The maximum absolute atomic E-state index is 12.2. The lowest BCUT2D eigenvalue weighted by Crippen LogP contribution is -1.86. The van der Waals surface area contributed by atoms with Crippen molar-refractivity contribution in [3.63, 3.8) is 0 Å². The van der Waals surface area contributed by atoms with Crippen LogP contribution in [0.4, 0.5) is 8.78 Å². The van der Waals surface area contributed by atoms with Crippen LogP contribution in [0.2, 0.25) is 5.02 Å². The summed E-state index contributed by atoms with van der Waals surface area (Å²) in [5.41, 5.74) is -0.0943. The van der Waals surface area contributed by atoms with Gasteiger partial charge in [0.25, 0.3) is 6.43 Å². The minimum Gasteiger partial charge on any atom is -0.205 e. The van der Waals surface area contributed by atoms with Crippen LogP contribution in [-0.2, 0) is 0 Å². The monoisotopic (exact) mass is 318 g/mol. The van der Waals surface area contributed by atoms with E-state index in [-0.39, 0.29) is 10.6 Å². The summed E-state index contributed by atoms with van der Waals surface area (Å²) in [5.74, 6) is 0. The highest BCUT2D eigenvalue weighted by Crippen LogP contribution is 2.34. The van der Waals surface area contributed by atoms with Crippen molar-refractivity contribution in [2.45, 2.75) is 6.43 Å². The Kier molecular flexibility index (Phi) is 3.49. The number of rotatable bonds is 1. The van der Waals surface area contributed by atoms with E-state index in [4.69, 9.17) is 11.6 Å². The Bertz CT molecular complexity index is 302. The van der Waals surface area contributed by atoms with Gasteiger partial charge in [0, 0.05) is 14.5 Å². The van der Waals surface area contributed by atoms with Gasteiger partial charge in [-0.15, -0.1) is 0 Å². The summed E-state index contributed by atoms with van der Waals surface area (Å²) in [4.78, 5) is 0. The number of hydrogen-bond acceptors (Lipinski definition) is 0. The number of benzene rings is 1. The fourth-order valence-electron chi connectivity index (χ4n) is 0.705. The van der Waals surface area contributed by atoms with Gasteiger partial charge in [0.2, 0.25) is 0 Å². The topological polar surface area (TPSA) is 0 Å². The molecule has 0 N–H and O–H groups in total. The molecule has 0 aliphatic carbocycles. The first-order chi connectivity index (χ1) is 5.52. The van der Waals surface area contributed by atoms with Crippen LogP contribution < -0.4 is 0 Å². The average molecular weight is 320 g/mol. The lowest BCUT2D eigenvalue weighted by molar-refractivity contribution is 0.150. The Morgan fingerprint density at radius 2 is 1.75 bits per heavy atom. The molecule has 66 valence electrons. The minimum atomic E-state index is -2.51. The van der Waals surface area contributed by atoms with Crippen LogP contribution in [0.15, 0.2) is 21.1 Å². The second-order valence-electron chi connectivity index (χ2n) is 2.09. The number of hydrogen-bond donors (Lipinski definition) is 0. The highest BCUT2D eigenvalue weighted by atomic mass is 79.9. The fourth-order valence-corrected chi connectivity index (χ4v) is 2.04. The third-order valence-electron chi connectivity index (χ3n) is 1.27. The zero-order valence-corrected chi connectivity index (χ0v) is 9.55. The summed E-state index contributed by atoms with van der Waals surface area (Å²) in [6.07, 6.45) is -2.51. The van der Waals surface area contributed by atoms with Gasteiger partial charge in [0.05, 0.1) is 5.02 Å². The van der Waals surface area contributed by atoms with Crippen LogP contribution in [0.1, 0.15) is 12.0 Å². The van der Waals surface area contributed by atoms with Gasteiger partial charge in [0.15, 0.2) is 0 Å². The van der Waals surface area contributed by atoms with Crippen molar-refractivity contribution in [3.8, 4) is 0 Å². The minimum absolute atomic E-state index is 0.0943. The Morgan fingerprint density at radius 3 is 2.25 bits per heavy atom. The lowest BCUT2D eigenvalue weighted by Gasteiger charge is -2.04. The first-order valence-electron chi connectivity index (χ1n) is 2.95. The Balaban J connectivity index is 3.23. The van der Waals surface area contributed by atoms with Crippen molar-refractivity contribution >= 4 is 43.5 Å². The molecule has 0 atom stereocenters. The molecule has 1 rings (SSSR count). The van der Waals surface area contributed by atoms with Gasteiger partial charge in [-0.05, 0) is 28.1 Å². The lowest BCUT2D eigenvalue weighted by atomic mass is 10.2. The van der Waals surface area contributed by atoms with Gasteiger partial charge in [0.1, 0.15) is 0 Å². The molecule has 1 aromatic rings. The van der Waals surface area contributed by atoms with Crippen molar-refractivity contribution in [3.05, 3.63) is 31.7 Å². The molecule has 0 aromatic heterocycles. The van der Waals surface area contributed by atoms with Crippen LogP contribution in [0.25, 0.3) is 0 Å². The molecule has 1 aromatic carbocycles.